The molecule has 0 spiro atoms. The Kier molecular flexibility index (Phi) is 11.8. The molecule has 1 amide bonds. The molecule has 5 rings (SSSR count). The van der Waals surface area contributed by atoms with E-state index in [-0.39, 0.29) is 36.3 Å². The van der Waals surface area contributed by atoms with Gasteiger partial charge in [-0.1, -0.05) is 45.9 Å². The Hall–Kier alpha value is -4.38. The molecule has 1 aliphatic heterocycles. The van der Waals surface area contributed by atoms with Gasteiger partial charge in [-0.25, -0.2) is 14.4 Å². The van der Waals surface area contributed by atoms with Crippen LogP contribution in [0.4, 0.5) is 4.79 Å². The van der Waals surface area contributed by atoms with Crippen molar-refractivity contribution in [3.63, 3.8) is 0 Å². The van der Waals surface area contributed by atoms with Crippen molar-refractivity contribution in [2.45, 2.75) is 129 Å². The summed E-state index contributed by atoms with van der Waals surface area (Å²) in [5.41, 5.74) is -7.53. The molecule has 2 saturated carbocycles. The summed E-state index contributed by atoms with van der Waals surface area (Å²) in [6.07, 6.45) is -11.2. The highest BCUT2D eigenvalue weighted by atomic mass is 16.6. The number of carbonyl (C=O) groups is 6. The lowest BCUT2D eigenvalue weighted by Crippen LogP contribution is -2.82. The molecule has 4 N–H and O–H groups in total. The number of amides is 1. The third-order valence-electron chi connectivity index (χ3n) is 12.3. The van der Waals surface area contributed by atoms with Crippen LogP contribution < -0.4 is 5.32 Å². The highest BCUT2D eigenvalue weighted by Crippen LogP contribution is 2.64. The zero-order valence-electron chi connectivity index (χ0n) is 33.2. The average molecular weight is 788 g/mol. The Morgan fingerprint density at radius 3 is 2.18 bits per heavy atom. The van der Waals surface area contributed by atoms with Gasteiger partial charge in [-0.15, -0.1) is 0 Å². The second-order valence-electron chi connectivity index (χ2n) is 16.3. The highest BCUT2D eigenvalue weighted by molar-refractivity contribution is 5.95. The molecular formula is C40H53NO15. The van der Waals surface area contributed by atoms with Crippen molar-refractivity contribution in [3.8, 4) is 0 Å². The molecule has 308 valence electrons. The maximum absolute atomic E-state index is 15.3. The van der Waals surface area contributed by atoms with E-state index < -0.39 is 119 Å². The second kappa shape index (κ2) is 15.5. The molecule has 11 atom stereocenters. The van der Waals surface area contributed by atoms with E-state index in [9.17, 15) is 39.3 Å². The molecule has 0 aromatic heterocycles. The van der Waals surface area contributed by atoms with E-state index in [1.807, 2.05) is 0 Å². The van der Waals surface area contributed by atoms with Crippen molar-refractivity contribution in [2.24, 2.45) is 22.7 Å². The van der Waals surface area contributed by atoms with E-state index in [2.05, 4.69) is 5.32 Å². The van der Waals surface area contributed by atoms with Crippen molar-refractivity contribution >= 4 is 35.8 Å². The number of aliphatic hydroxyl groups is 3. The van der Waals surface area contributed by atoms with Gasteiger partial charge in [0.05, 0.1) is 42.3 Å². The molecule has 3 fully saturated rings. The fourth-order valence-electron chi connectivity index (χ4n) is 9.29. The topological polar surface area (TPSA) is 231 Å². The zero-order valence-corrected chi connectivity index (χ0v) is 33.2. The predicted octanol–water partition coefficient (Wildman–Crippen LogP) is 2.34. The standard InChI is InChI=1S/C40H53NO15/c1-10-51-36(49)41-28(19(2)3)29(45)35(48)54-24-17-40(50)33(55-34(47)23-14-12-11-13-15-23)31-38(9,25(44)16-26-39(31,18-52-26)56-22(6)43)32(46)30(53-21(5)42)27(20(24)4)37(40,7)8/h11-15,19,24-26,28-31,33,44-45,50H,10,16-18H2,1-9H3,(H,41,49)/t24-,25-,26+,28?,29+,30+,31-,33-,38+,39-,40+/m0/s1. The Bertz CT molecular complexity index is 1770. The minimum absolute atomic E-state index is 0.00459. The average Bonchev–Trinajstić information content (AvgIpc) is 3.11. The monoisotopic (exact) mass is 787 g/mol. The van der Waals surface area contributed by atoms with E-state index in [0.717, 1.165) is 13.8 Å². The number of hydrogen-bond acceptors (Lipinski definition) is 15. The number of rotatable bonds is 10. The summed E-state index contributed by atoms with van der Waals surface area (Å²) in [5, 5.41) is 39.2. The number of alkyl carbamates (subject to hydrolysis) is 1. The van der Waals surface area contributed by atoms with Crippen LogP contribution in [0.5, 0.6) is 0 Å². The van der Waals surface area contributed by atoms with Crippen LogP contribution in [0.25, 0.3) is 0 Å². The van der Waals surface area contributed by atoms with Gasteiger partial charge in [0.2, 0.25) is 0 Å². The van der Waals surface area contributed by atoms with E-state index in [4.69, 9.17) is 28.4 Å². The smallest absolute Gasteiger partial charge is 0.407 e. The molecule has 16 nitrogen and oxygen atoms in total. The number of fused-ring (bicyclic) bond motifs is 5. The van der Waals surface area contributed by atoms with E-state index in [1.165, 1.54) is 26.0 Å². The third-order valence-corrected chi connectivity index (χ3v) is 12.3. The maximum Gasteiger partial charge on any atom is 0.407 e. The van der Waals surface area contributed by atoms with Crippen LogP contribution in [0.1, 0.15) is 85.5 Å². The first kappa shape index (κ1) is 42.8. The minimum Gasteiger partial charge on any atom is -0.456 e. The van der Waals surface area contributed by atoms with Crippen molar-refractivity contribution < 1.29 is 72.5 Å². The van der Waals surface area contributed by atoms with Gasteiger partial charge in [-0.05, 0) is 50.0 Å². The molecule has 2 bridgehead atoms. The van der Waals surface area contributed by atoms with Crippen LogP contribution in [0.2, 0.25) is 0 Å². The summed E-state index contributed by atoms with van der Waals surface area (Å²) in [7, 11) is 0. The van der Waals surface area contributed by atoms with Crippen molar-refractivity contribution in [2.75, 3.05) is 13.2 Å². The summed E-state index contributed by atoms with van der Waals surface area (Å²) in [5.74, 6) is -6.69. The van der Waals surface area contributed by atoms with Crippen molar-refractivity contribution in [3.05, 3.63) is 47.0 Å². The van der Waals surface area contributed by atoms with Crippen LogP contribution in [0, 0.1) is 22.7 Å². The fourth-order valence-corrected chi connectivity index (χ4v) is 9.29. The SMILES string of the molecule is CCOC(=O)NC(C(C)C)[C@@H](O)C(=O)O[C@H]1C[C@@]2(O)[C@@H](OC(=O)c3ccccc3)[C@@H]3[C@]4(OC(C)=O)CO[C@@H]4C[C@H](O)[C@@]3(C)C(=O)[C@H](OC(C)=O)C(=C1C)C2(C)C. The third kappa shape index (κ3) is 6.98. The molecule has 1 unspecified atom stereocenters. The van der Waals surface area contributed by atoms with Gasteiger partial charge in [-0.3, -0.25) is 14.4 Å². The Balaban J connectivity index is 1.75. The van der Waals surface area contributed by atoms with Gasteiger partial charge in [0.25, 0.3) is 0 Å². The van der Waals surface area contributed by atoms with Crippen LogP contribution in [-0.2, 0) is 47.6 Å². The van der Waals surface area contributed by atoms with Crippen LogP contribution in [0.3, 0.4) is 0 Å². The fraction of sp³-hybridized carbons (Fsp3) is 0.650. The zero-order chi connectivity index (χ0) is 41.7. The van der Waals surface area contributed by atoms with Crippen molar-refractivity contribution in [1.29, 1.82) is 0 Å². The number of benzene rings is 1. The van der Waals surface area contributed by atoms with E-state index >= 15 is 4.79 Å². The van der Waals surface area contributed by atoms with Crippen LogP contribution in [0.15, 0.2) is 41.5 Å². The van der Waals surface area contributed by atoms with Crippen LogP contribution >= 0.6 is 0 Å². The lowest BCUT2D eigenvalue weighted by molar-refractivity contribution is -0.346. The van der Waals surface area contributed by atoms with Gasteiger partial charge in [0.15, 0.2) is 23.6 Å². The number of nitrogens with one attached hydrogen (secondary N) is 1. The van der Waals surface area contributed by atoms with Gasteiger partial charge in [-0.2, -0.15) is 0 Å². The Morgan fingerprint density at radius 1 is 1.00 bits per heavy atom. The lowest BCUT2D eigenvalue weighted by atomic mass is 9.44. The van der Waals surface area contributed by atoms with Gasteiger partial charge in [0, 0.05) is 32.1 Å². The summed E-state index contributed by atoms with van der Waals surface area (Å²) < 4.78 is 34.9. The highest BCUT2D eigenvalue weighted by Gasteiger charge is 2.78. The lowest BCUT2D eigenvalue weighted by Gasteiger charge is -2.67. The molecule has 1 aromatic carbocycles. The largest absolute Gasteiger partial charge is 0.456 e. The number of aliphatic hydroxyl groups excluding tert-OH is 2. The molecule has 1 aromatic rings. The second-order valence-corrected chi connectivity index (χ2v) is 16.3. The molecule has 0 radical (unpaired) electrons. The van der Waals surface area contributed by atoms with Crippen LogP contribution in [-0.4, -0.2) is 118 Å². The number of carbonyl (C=O) groups excluding carboxylic acids is 6. The van der Waals surface area contributed by atoms with Gasteiger partial charge >= 0.3 is 30.0 Å². The number of hydrogen-bond donors (Lipinski definition) is 4. The van der Waals surface area contributed by atoms with E-state index in [0.29, 0.717) is 0 Å². The Labute approximate surface area is 325 Å². The van der Waals surface area contributed by atoms with Crippen molar-refractivity contribution in [1.82, 2.24) is 5.32 Å². The first-order valence-electron chi connectivity index (χ1n) is 18.8. The normalized spacial score (nSPS) is 34.2. The minimum atomic E-state index is -2.36. The quantitative estimate of drug-likeness (QED) is 0.152. The number of esters is 4. The molecule has 1 heterocycles. The molecular weight excluding hydrogens is 734 g/mol. The summed E-state index contributed by atoms with van der Waals surface area (Å²) in [6.45, 7) is 12.9. The number of Topliss-reactive ketones (excluding diaryl/α,β-unsaturated/α-hetero) is 1. The molecule has 16 heteroatoms. The first-order chi connectivity index (χ1) is 26.1. The summed E-state index contributed by atoms with van der Waals surface area (Å²) >= 11 is 0. The maximum atomic E-state index is 15.3. The Morgan fingerprint density at radius 2 is 1.64 bits per heavy atom. The first-order valence-corrected chi connectivity index (χ1v) is 18.8. The predicted molar refractivity (Wildman–Crippen MR) is 193 cm³/mol. The summed E-state index contributed by atoms with van der Waals surface area (Å²) in [4.78, 5) is 81.3. The summed E-state index contributed by atoms with van der Waals surface area (Å²) in [6, 6.07) is 6.65. The molecule has 3 aliphatic carbocycles. The van der Waals surface area contributed by atoms with Gasteiger partial charge < -0.3 is 49.1 Å². The molecule has 4 aliphatic rings. The van der Waals surface area contributed by atoms with Gasteiger partial charge in [0.1, 0.15) is 23.9 Å². The number of ether oxygens (including phenoxy) is 6. The molecule has 56 heavy (non-hydrogen) atoms. The number of ketones is 1. The van der Waals surface area contributed by atoms with E-state index in [1.54, 1.807) is 52.8 Å². The molecule has 1 saturated heterocycles.